The average Bonchev–Trinajstić information content (AvgIpc) is 2.19. The predicted molar refractivity (Wildman–Crippen MR) is 55.7 cm³/mol. The van der Waals surface area contributed by atoms with Gasteiger partial charge in [-0.3, -0.25) is 9.79 Å². The van der Waals surface area contributed by atoms with E-state index in [0.717, 1.165) is 6.07 Å². The van der Waals surface area contributed by atoms with E-state index >= 15 is 0 Å². The summed E-state index contributed by atoms with van der Waals surface area (Å²) in [5.41, 5.74) is -0.476. The number of Topliss-reactive ketones (excluding diaryl/α,β-unsaturated/α-hetero) is 1. The molecule has 1 aliphatic rings. The van der Waals surface area contributed by atoms with E-state index in [2.05, 4.69) is 20.9 Å². The van der Waals surface area contributed by atoms with Crippen LogP contribution in [0, 0.1) is 17.6 Å². The minimum absolute atomic E-state index is 0.0589. The van der Waals surface area contributed by atoms with Gasteiger partial charge in [0.1, 0.15) is 5.69 Å². The molecule has 1 atom stereocenters. The van der Waals surface area contributed by atoms with E-state index < -0.39 is 23.3 Å². The summed E-state index contributed by atoms with van der Waals surface area (Å²) >= 11 is 2.85. The third-order valence-electron chi connectivity index (χ3n) is 2.23. The predicted octanol–water partition coefficient (Wildman–Crippen LogP) is 3.26. The number of ketones is 1. The normalized spacial score (nSPS) is 19.2. The molecule has 0 fully saturated rings. The number of benzene rings is 1. The molecule has 2 nitrogen and oxygen atoms in total. The van der Waals surface area contributed by atoms with Crippen LogP contribution < -0.4 is 0 Å². The topological polar surface area (TPSA) is 29.4 Å². The Balaban J connectivity index is 2.78. The Hall–Kier alpha value is -1.10. The number of carbonyl (C=O) groups is 1. The maximum absolute atomic E-state index is 13.6. The van der Waals surface area contributed by atoms with Gasteiger partial charge in [-0.25, -0.2) is 8.78 Å². The van der Waals surface area contributed by atoms with Gasteiger partial charge in [-0.2, -0.15) is 0 Å². The van der Waals surface area contributed by atoms with Crippen molar-refractivity contribution in [3.05, 3.63) is 27.7 Å². The smallest absolute Gasteiger partial charge is 0.176 e. The molecule has 0 amide bonds. The molecular formula is C10H6BrF2NO. The van der Waals surface area contributed by atoms with Crippen molar-refractivity contribution in [1.29, 1.82) is 0 Å². The largest absolute Gasteiger partial charge is 0.293 e. The minimum atomic E-state index is -0.750. The Labute approximate surface area is 93.1 Å². The van der Waals surface area contributed by atoms with Crippen molar-refractivity contribution in [3.8, 4) is 0 Å². The molecule has 5 heteroatoms. The summed E-state index contributed by atoms with van der Waals surface area (Å²) in [6, 6.07) is 0.967. The van der Waals surface area contributed by atoms with Crippen LogP contribution in [0.25, 0.3) is 0 Å². The SMILES string of the molecule is CC1C=Nc2c(F)cc(Br)c(F)c2C1=O. The van der Waals surface area contributed by atoms with E-state index in [-0.39, 0.29) is 15.7 Å². The molecule has 1 unspecified atom stereocenters. The van der Waals surface area contributed by atoms with Crippen LogP contribution in [0.3, 0.4) is 0 Å². The molecule has 0 N–H and O–H groups in total. The molecule has 0 radical (unpaired) electrons. The Morgan fingerprint density at radius 1 is 1.47 bits per heavy atom. The van der Waals surface area contributed by atoms with Crippen LogP contribution in [-0.2, 0) is 0 Å². The number of nitrogens with zero attached hydrogens (tertiary/aromatic N) is 1. The quantitative estimate of drug-likeness (QED) is 0.667. The first-order valence-electron chi connectivity index (χ1n) is 4.28. The summed E-state index contributed by atoms with van der Waals surface area (Å²) in [4.78, 5) is 15.4. The fourth-order valence-electron chi connectivity index (χ4n) is 1.42. The lowest BCUT2D eigenvalue weighted by atomic mass is 9.95. The molecule has 0 saturated heterocycles. The van der Waals surface area contributed by atoms with Crippen molar-refractivity contribution in [2.75, 3.05) is 0 Å². The van der Waals surface area contributed by atoms with Gasteiger partial charge in [0.2, 0.25) is 0 Å². The molecule has 1 aromatic carbocycles. The molecule has 0 spiro atoms. The fourth-order valence-corrected chi connectivity index (χ4v) is 1.82. The second-order valence-corrected chi connectivity index (χ2v) is 4.16. The molecular weight excluding hydrogens is 268 g/mol. The lowest BCUT2D eigenvalue weighted by Gasteiger charge is -2.15. The van der Waals surface area contributed by atoms with Gasteiger partial charge < -0.3 is 0 Å². The van der Waals surface area contributed by atoms with Gasteiger partial charge in [-0.05, 0) is 22.0 Å². The molecule has 1 aliphatic heterocycles. The highest BCUT2D eigenvalue weighted by atomic mass is 79.9. The Morgan fingerprint density at radius 2 is 2.13 bits per heavy atom. The van der Waals surface area contributed by atoms with E-state index in [1.165, 1.54) is 6.21 Å². The number of hydrogen-bond donors (Lipinski definition) is 0. The van der Waals surface area contributed by atoms with Crippen LogP contribution in [0.5, 0.6) is 0 Å². The third-order valence-corrected chi connectivity index (χ3v) is 2.81. The van der Waals surface area contributed by atoms with Crippen molar-refractivity contribution in [2.45, 2.75) is 6.92 Å². The number of rotatable bonds is 0. The number of carbonyl (C=O) groups excluding carboxylic acids is 1. The van der Waals surface area contributed by atoms with Crippen LogP contribution >= 0.6 is 15.9 Å². The second-order valence-electron chi connectivity index (χ2n) is 3.31. The number of aliphatic imine (C=N–C) groups is 1. The van der Waals surface area contributed by atoms with Crippen molar-refractivity contribution < 1.29 is 13.6 Å². The zero-order chi connectivity index (χ0) is 11.2. The standard InChI is InChI=1S/C10H6BrF2NO/c1-4-3-14-9-6(12)2-5(11)8(13)7(9)10(4)15/h2-4H,1H3. The van der Waals surface area contributed by atoms with Crippen LogP contribution in [0.4, 0.5) is 14.5 Å². The maximum atomic E-state index is 13.6. The van der Waals surface area contributed by atoms with Gasteiger partial charge in [0.15, 0.2) is 17.4 Å². The summed E-state index contributed by atoms with van der Waals surface area (Å²) in [6.07, 6.45) is 1.32. The molecule has 0 saturated carbocycles. The number of hydrogen-bond acceptors (Lipinski definition) is 2. The monoisotopic (exact) mass is 273 g/mol. The van der Waals surface area contributed by atoms with Crippen molar-refractivity contribution in [1.82, 2.24) is 0 Å². The van der Waals surface area contributed by atoms with Crippen LogP contribution in [0.15, 0.2) is 15.5 Å². The number of fused-ring (bicyclic) bond motifs is 1. The highest BCUT2D eigenvalue weighted by Gasteiger charge is 2.28. The van der Waals surface area contributed by atoms with E-state index in [9.17, 15) is 13.6 Å². The van der Waals surface area contributed by atoms with Gasteiger partial charge in [0, 0.05) is 6.21 Å². The average molecular weight is 274 g/mol. The van der Waals surface area contributed by atoms with Gasteiger partial charge in [-0.1, -0.05) is 6.92 Å². The van der Waals surface area contributed by atoms with E-state index in [1.54, 1.807) is 6.92 Å². The van der Waals surface area contributed by atoms with Crippen molar-refractivity contribution in [3.63, 3.8) is 0 Å². The van der Waals surface area contributed by atoms with Gasteiger partial charge in [0.25, 0.3) is 0 Å². The minimum Gasteiger partial charge on any atom is -0.293 e. The summed E-state index contributed by atoms with van der Waals surface area (Å²) in [6.45, 7) is 1.59. The third kappa shape index (κ3) is 1.51. The Kier molecular flexibility index (Phi) is 2.42. The van der Waals surface area contributed by atoms with Crippen molar-refractivity contribution in [2.24, 2.45) is 10.9 Å². The molecule has 1 aromatic rings. The lowest BCUT2D eigenvalue weighted by Crippen LogP contribution is -2.18. The highest BCUT2D eigenvalue weighted by Crippen LogP contribution is 2.34. The van der Waals surface area contributed by atoms with Gasteiger partial charge in [-0.15, -0.1) is 0 Å². The Morgan fingerprint density at radius 3 is 2.80 bits per heavy atom. The number of halogens is 3. The summed E-state index contributed by atoms with van der Waals surface area (Å²) in [5, 5.41) is 0. The first-order chi connectivity index (χ1) is 7.02. The maximum Gasteiger partial charge on any atom is 0.176 e. The van der Waals surface area contributed by atoms with Crippen LogP contribution in [0.2, 0.25) is 0 Å². The van der Waals surface area contributed by atoms with Crippen LogP contribution in [0.1, 0.15) is 17.3 Å². The van der Waals surface area contributed by atoms with Gasteiger partial charge >= 0.3 is 0 Å². The fraction of sp³-hybridized carbons (Fsp3) is 0.200. The Bertz CT molecular complexity index is 485. The molecule has 15 heavy (non-hydrogen) atoms. The zero-order valence-electron chi connectivity index (χ0n) is 7.72. The van der Waals surface area contributed by atoms with E-state index in [0.29, 0.717) is 0 Å². The molecule has 0 bridgehead atoms. The summed E-state index contributed by atoms with van der Waals surface area (Å²) in [5.74, 6) is -2.41. The molecule has 2 rings (SSSR count). The molecule has 1 heterocycles. The second kappa shape index (κ2) is 3.48. The first kappa shape index (κ1) is 10.4. The molecule has 0 aliphatic carbocycles. The first-order valence-corrected chi connectivity index (χ1v) is 5.07. The molecule has 78 valence electrons. The van der Waals surface area contributed by atoms with E-state index in [4.69, 9.17) is 0 Å². The summed E-state index contributed by atoms with van der Waals surface area (Å²) < 4.78 is 26.9. The van der Waals surface area contributed by atoms with Crippen molar-refractivity contribution >= 4 is 33.6 Å². The zero-order valence-corrected chi connectivity index (χ0v) is 9.31. The van der Waals surface area contributed by atoms with Gasteiger partial charge in [0.05, 0.1) is 16.0 Å². The summed E-state index contributed by atoms with van der Waals surface area (Å²) in [7, 11) is 0. The van der Waals surface area contributed by atoms with E-state index in [1.807, 2.05) is 0 Å². The highest BCUT2D eigenvalue weighted by molar-refractivity contribution is 9.10. The van der Waals surface area contributed by atoms with Crippen LogP contribution in [-0.4, -0.2) is 12.0 Å². The molecule has 0 aromatic heterocycles. The lowest BCUT2D eigenvalue weighted by molar-refractivity contribution is 0.0957.